The molecule has 1 amide bonds. The quantitative estimate of drug-likeness (QED) is 0.221. The van der Waals surface area contributed by atoms with E-state index < -0.39 is 31.7 Å². The minimum atomic E-state index is -3.69. The molecule has 2 aromatic heterocycles. The number of rotatable bonds is 8. The van der Waals surface area contributed by atoms with E-state index in [-0.39, 0.29) is 26.1 Å². The molecule has 5 rings (SSSR count). The molecular formula is C26H31BrN8O6S4. The number of anilines is 3. The van der Waals surface area contributed by atoms with Crippen molar-refractivity contribution in [3.05, 3.63) is 65.7 Å². The van der Waals surface area contributed by atoms with Gasteiger partial charge in [0.25, 0.3) is 20.0 Å². The van der Waals surface area contributed by atoms with Gasteiger partial charge < -0.3 is 15.0 Å². The SMILES string of the molecule is CC(C)(C)OC(=O)NC1CCN(c2ccc(S(=O)(=O)Nc3ncns3)cc2)CC1.O=S(=O)(Nc1ncns1)c1ccc(Br)cc1. The number of nitrogens with zero attached hydrogens (tertiary/aromatic N) is 5. The Kier molecular flexibility index (Phi) is 11.3. The first-order valence-electron chi connectivity index (χ1n) is 13.4. The summed E-state index contributed by atoms with van der Waals surface area (Å²) in [5, 5.41) is 3.39. The van der Waals surface area contributed by atoms with Crippen molar-refractivity contribution < 1.29 is 26.4 Å². The van der Waals surface area contributed by atoms with Crippen LogP contribution in [-0.4, -0.2) is 66.4 Å². The monoisotopic (exact) mass is 758 g/mol. The summed E-state index contributed by atoms with van der Waals surface area (Å²) in [5.74, 6) is 0. The number of sulfonamides is 2. The molecule has 0 atom stereocenters. The Bertz CT molecular complexity index is 1740. The number of carbonyl (C=O) groups excluding carboxylic acids is 1. The molecule has 2 aromatic carbocycles. The van der Waals surface area contributed by atoms with E-state index in [1.165, 1.54) is 24.8 Å². The minimum Gasteiger partial charge on any atom is -0.444 e. The van der Waals surface area contributed by atoms with Crippen LogP contribution in [0.1, 0.15) is 33.6 Å². The number of hydrogen-bond donors (Lipinski definition) is 3. The Morgan fingerprint density at radius 3 is 1.73 bits per heavy atom. The van der Waals surface area contributed by atoms with Crippen LogP contribution < -0.4 is 19.7 Å². The topological polar surface area (TPSA) is 185 Å². The number of carbonyl (C=O) groups is 1. The highest BCUT2D eigenvalue weighted by atomic mass is 79.9. The van der Waals surface area contributed by atoms with Gasteiger partial charge in [-0.15, -0.1) is 0 Å². The summed E-state index contributed by atoms with van der Waals surface area (Å²) in [6, 6.07) is 13.1. The maximum atomic E-state index is 12.4. The smallest absolute Gasteiger partial charge is 0.407 e. The van der Waals surface area contributed by atoms with Gasteiger partial charge >= 0.3 is 6.09 Å². The van der Waals surface area contributed by atoms with E-state index in [0.717, 1.165) is 59.2 Å². The third-order valence-electron chi connectivity index (χ3n) is 6.02. The Morgan fingerprint density at radius 1 is 0.844 bits per heavy atom. The fourth-order valence-electron chi connectivity index (χ4n) is 3.99. The fourth-order valence-corrected chi connectivity index (χ4v) is 7.58. The molecule has 1 aliphatic rings. The van der Waals surface area contributed by atoms with Crippen LogP contribution in [0, 0.1) is 0 Å². The fraction of sp³-hybridized carbons (Fsp3) is 0.346. The van der Waals surface area contributed by atoms with Gasteiger partial charge in [0.05, 0.1) is 9.79 Å². The lowest BCUT2D eigenvalue weighted by Crippen LogP contribution is -2.46. The second-order valence-electron chi connectivity index (χ2n) is 10.6. The first-order chi connectivity index (χ1) is 21.2. The van der Waals surface area contributed by atoms with Crippen LogP contribution in [0.4, 0.5) is 20.7 Å². The van der Waals surface area contributed by atoms with Gasteiger partial charge in [-0.2, -0.15) is 8.75 Å². The number of piperidine rings is 1. The second kappa shape index (κ2) is 14.8. The molecule has 0 spiro atoms. The van der Waals surface area contributed by atoms with Gasteiger partial charge in [-0.05, 0) is 82.1 Å². The molecule has 0 aliphatic carbocycles. The summed E-state index contributed by atoms with van der Waals surface area (Å²) in [6.07, 6.45) is 3.78. The molecule has 1 fully saturated rings. The third kappa shape index (κ3) is 10.6. The van der Waals surface area contributed by atoms with Gasteiger partial charge in [0.15, 0.2) is 0 Å². The van der Waals surface area contributed by atoms with E-state index >= 15 is 0 Å². The molecule has 45 heavy (non-hydrogen) atoms. The minimum absolute atomic E-state index is 0.0665. The van der Waals surface area contributed by atoms with Gasteiger partial charge in [0, 0.05) is 52.4 Å². The standard InChI is InChI=1S/C18H25N5O4S2.C8H6BrN3O2S2/c1-18(2,3)27-17(24)21-13-8-10-23(11-9-13)14-4-6-15(7-5-14)29(25,26)22-16-19-12-20-28-16;9-6-1-3-7(4-2-6)16(13,14)12-8-10-5-11-15-8/h4-7,12-13H,8-11H2,1-3H3,(H,21,24)(H,19,20,22);1-5H,(H,10,11,12). The van der Waals surface area contributed by atoms with E-state index in [9.17, 15) is 21.6 Å². The number of halogens is 1. The number of benzene rings is 2. The number of ether oxygens (including phenoxy) is 1. The van der Waals surface area contributed by atoms with Crippen molar-refractivity contribution in [1.82, 2.24) is 24.0 Å². The van der Waals surface area contributed by atoms with Crippen molar-refractivity contribution in [2.24, 2.45) is 0 Å². The molecule has 242 valence electrons. The van der Waals surface area contributed by atoms with Crippen molar-refractivity contribution in [1.29, 1.82) is 0 Å². The Hall–Kier alpha value is -3.39. The summed E-state index contributed by atoms with van der Waals surface area (Å²) in [5.41, 5.74) is 0.424. The molecule has 0 unspecified atom stereocenters. The molecule has 4 aromatic rings. The molecule has 14 nitrogen and oxygen atoms in total. The van der Waals surface area contributed by atoms with Crippen molar-refractivity contribution >= 4 is 81.1 Å². The molecule has 19 heteroatoms. The van der Waals surface area contributed by atoms with E-state index in [1.54, 1.807) is 36.4 Å². The predicted octanol–water partition coefficient (Wildman–Crippen LogP) is 4.93. The lowest BCUT2D eigenvalue weighted by molar-refractivity contribution is 0.0497. The van der Waals surface area contributed by atoms with E-state index in [2.05, 4.69) is 54.3 Å². The van der Waals surface area contributed by atoms with Crippen molar-refractivity contribution in [3.8, 4) is 0 Å². The molecular weight excluding hydrogens is 729 g/mol. The second-order valence-corrected chi connectivity index (χ2v) is 16.4. The van der Waals surface area contributed by atoms with Crippen molar-refractivity contribution in [3.63, 3.8) is 0 Å². The number of nitrogens with one attached hydrogen (secondary N) is 3. The summed E-state index contributed by atoms with van der Waals surface area (Å²) in [7, 11) is -7.25. The first kappa shape index (κ1) is 34.5. The lowest BCUT2D eigenvalue weighted by Gasteiger charge is -2.34. The average Bonchev–Trinajstić information content (AvgIpc) is 3.67. The average molecular weight is 760 g/mol. The molecule has 1 saturated heterocycles. The summed E-state index contributed by atoms with van der Waals surface area (Å²) in [4.78, 5) is 22.0. The number of amides is 1. The molecule has 0 saturated carbocycles. The summed E-state index contributed by atoms with van der Waals surface area (Å²) >= 11 is 5.20. The number of aromatic nitrogens is 4. The molecule has 3 heterocycles. The van der Waals surface area contributed by atoms with Gasteiger partial charge in [0.1, 0.15) is 18.3 Å². The van der Waals surface area contributed by atoms with Crippen LogP contribution in [-0.2, 0) is 24.8 Å². The zero-order chi connectivity index (χ0) is 32.7. The summed E-state index contributed by atoms with van der Waals surface area (Å²) < 4.78 is 66.8. The predicted molar refractivity (Wildman–Crippen MR) is 177 cm³/mol. The van der Waals surface area contributed by atoms with Crippen LogP contribution in [0.25, 0.3) is 0 Å². The molecule has 1 aliphatic heterocycles. The Morgan fingerprint density at radius 2 is 1.31 bits per heavy atom. The molecule has 0 radical (unpaired) electrons. The van der Waals surface area contributed by atoms with Crippen LogP contribution in [0.3, 0.4) is 0 Å². The first-order valence-corrected chi connectivity index (χ1v) is 18.7. The van der Waals surface area contributed by atoms with Gasteiger partial charge in [-0.25, -0.2) is 31.6 Å². The van der Waals surface area contributed by atoms with Crippen LogP contribution in [0.15, 0.2) is 75.4 Å². The largest absolute Gasteiger partial charge is 0.444 e. The summed E-state index contributed by atoms with van der Waals surface area (Å²) in [6.45, 7) is 7.03. The Balaban J connectivity index is 0.000000242. The van der Waals surface area contributed by atoms with E-state index in [0.29, 0.717) is 0 Å². The van der Waals surface area contributed by atoms with Gasteiger partial charge in [0.2, 0.25) is 10.3 Å². The van der Waals surface area contributed by atoms with Gasteiger partial charge in [-0.1, -0.05) is 15.9 Å². The zero-order valence-corrected chi connectivity index (χ0v) is 29.2. The normalized spacial score (nSPS) is 14.2. The van der Waals surface area contributed by atoms with E-state index in [1.807, 2.05) is 20.8 Å². The molecule has 3 N–H and O–H groups in total. The van der Waals surface area contributed by atoms with Crippen molar-refractivity contribution in [2.45, 2.75) is 55.0 Å². The van der Waals surface area contributed by atoms with Crippen LogP contribution >= 0.6 is 39.0 Å². The van der Waals surface area contributed by atoms with Crippen LogP contribution in [0.2, 0.25) is 0 Å². The highest BCUT2D eigenvalue weighted by Gasteiger charge is 2.24. The maximum Gasteiger partial charge on any atom is 0.407 e. The maximum absolute atomic E-state index is 12.4. The zero-order valence-electron chi connectivity index (χ0n) is 24.4. The highest BCUT2D eigenvalue weighted by molar-refractivity contribution is 9.10. The third-order valence-corrected chi connectivity index (χ3v) is 10.7. The van der Waals surface area contributed by atoms with E-state index in [4.69, 9.17) is 4.74 Å². The number of alkyl carbamates (subject to hydrolysis) is 1. The van der Waals surface area contributed by atoms with Crippen LogP contribution in [0.5, 0.6) is 0 Å². The lowest BCUT2D eigenvalue weighted by atomic mass is 10.0. The highest BCUT2D eigenvalue weighted by Crippen LogP contribution is 2.24. The van der Waals surface area contributed by atoms with Gasteiger partial charge in [-0.3, -0.25) is 9.44 Å². The van der Waals surface area contributed by atoms with Crippen molar-refractivity contribution in [2.75, 3.05) is 27.4 Å². The number of hydrogen-bond acceptors (Lipinski definition) is 13. The molecule has 0 bridgehead atoms. The Labute approximate surface area is 278 Å².